The third-order valence-electron chi connectivity index (χ3n) is 4.35. The zero-order valence-corrected chi connectivity index (χ0v) is 15.3. The summed E-state index contributed by atoms with van der Waals surface area (Å²) in [5.41, 5.74) is 4.21. The van der Waals surface area contributed by atoms with E-state index >= 15 is 0 Å². The number of rotatable bonds is 7. The van der Waals surface area contributed by atoms with Crippen LogP contribution >= 0.6 is 0 Å². The van der Waals surface area contributed by atoms with Gasteiger partial charge in [-0.05, 0) is 47.0 Å². The first-order valence-electron chi connectivity index (χ1n) is 8.83. The summed E-state index contributed by atoms with van der Waals surface area (Å²) in [6.07, 6.45) is 2.72. The van der Waals surface area contributed by atoms with Crippen molar-refractivity contribution in [1.82, 2.24) is 20.2 Å². The van der Waals surface area contributed by atoms with Gasteiger partial charge in [0.25, 0.3) is 0 Å². The van der Waals surface area contributed by atoms with Crippen molar-refractivity contribution in [3.05, 3.63) is 65.5 Å². The molecule has 1 N–H and O–H groups in total. The molecule has 0 aliphatic rings. The van der Waals surface area contributed by atoms with Gasteiger partial charge in [-0.25, -0.2) is 4.68 Å². The molecule has 0 radical (unpaired) electrons. The van der Waals surface area contributed by atoms with E-state index in [4.69, 9.17) is 0 Å². The lowest BCUT2D eigenvalue weighted by Crippen LogP contribution is -2.14. The number of carbonyl (C=O) groups is 2. The Morgan fingerprint density at radius 2 is 1.85 bits per heavy atom. The van der Waals surface area contributed by atoms with Crippen LogP contribution in [0.25, 0.3) is 5.69 Å². The van der Waals surface area contributed by atoms with Crippen LogP contribution in [0.2, 0.25) is 0 Å². The Morgan fingerprint density at radius 3 is 2.52 bits per heavy atom. The molecule has 27 heavy (non-hydrogen) atoms. The number of nitrogens with zero attached hydrogens (tertiary/aromatic N) is 4. The van der Waals surface area contributed by atoms with E-state index in [0.29, 0.717) is 11.3 Å². The number of hydrogen-bond acceptors (Lipinski definition) is 5. The van der Waals surface area contributed by atoms with Gasteiger partial charge in [-0.15, -0.1) is 5.10 Å². The lowest BCUT2D eigenvalue weighted by atomic mass is 10.0. The van der Waals surface area contributed by atoms with Gasteiger partial charge in [0.05, 0.1) is 5.69 Å². The van der Waals surface area contributed by atoms with Crippen molar-refractivity contribution in [3.8, 4) is 5.69 Å². The average Bonchev–Trinajstić information content (AvgIpc) is 3.22. The molecule has 0 atom stereocenters. The summed E-state index contributed by atoms with van der Waals surface area (Å²) in [7, 11) is 0. The molecule has 0 spiro atoms. The van der Waals surface area contributed by atoms with Crippen molar-refractivity contribution < 1.29 is 9.59 Å². The van der Waals surface area contributed by atoms with E-state index in [9.17, 15) is 9.59 Å². The van der Waals surface area contributed by atoms with E-state index in [-0.39, 0.29) is 24.5 Å². The molecule has 2 aromatic carbocycles. The largest absolute Gasteiger partial charge is 0.326 e. The molecule has 7 heteroatoms. The van der Waals surface area contributed by atoms with Gasteiger partial charge >= 0.3 is 0 Å². The molecule has 3 rings (SSSR count). The second-order valence-corrected chi connectivity index (χ2v) is 6.28. The number of aryl methyl sites for hydroxylation is 2. The number of tetrazole rings is 1. The van der Waals surface area contributed by atoms with Crippen LogP contribution < -0.4 is 5.32 Å². The van der Waals surface area contributed by atoms with E-state index in [1.165, 1.54) is 16.6 Å². The summed E-state index contributed by atoms with van der Waals surface area (Å²) < 4.78 is 1.54. The Balaban J connectivity index is 1.59. The molecule has 0 aliphatic heterocycles. The number of Topliss-reactive ketones (excluding diaryl/α,β-unsaturated/α-hetero) is 1. The number of anilines is 1. The number of amides is 1. The highest BCUT2D eigenvalue weighted by atomic mass is 16.2. The Labute approximate surface area is 157 Å². The molecule has 138 valence electrons. The van der Waals surface area contributed by atoms with E-state index < -0.39 is 0 Å². The first kappa shape index (κ1) is 18.4. The second-order valence-electron chi connectivity index (χ2n) is 6.28. The monoisotopic (exact) mass is 363 g/mol. The standard InChI is InChI=1S/C20H21N5O2/c1-3-15-5-7-16(8-6-15)19(26)10-11-20(27)22-17-9-4-14(2)18(12-17)25-13-21-23-24-25/h4-9,12-13H,3,10-11H2,1-2H3,(H,22,27). The van der Waals surface area contributed by atoms with Gasteiger partial charge in [-0.3, -0.25) is 9.59 Å². The minimum atomic E-state index is -0.208. The van der Waals surface area contributed by atoms with Crippen molar-refractivity contribution >= 4 is 17.4 Å². The third-order valence-corrected chi connectivity index (χ3v) is 4.35. The number of ketones is 1. The number of benzene rings is 2. The summed E-state index contributed by atoms with van der Waals surface area (Å²) in [5.74, 6) is -0.244. The lowest BCUT2D eigenvalue weighted by molar-refractivity contribution is -0.116. The summed E-state index contributed by atoms with van der Waals surface area (Å²) in [6, 6.07) is 13.0. The van der Waals surface area contributed by atoms with Crippen molar-refractivity contribution in [1.29, 1.82) is 0 Å². The van der Waals surface area contributed by atoms with Gasteiger partial charge in [0.15, 0.2) is 5.78 Å². The second kappa shape index (κ2) is 8.35. The molecule has 1 amide bonds. The molecule has 0 aliphatic carbocycles. The maximum atomic E-state index is 12.2. The first-order valence-corrected chi connectivity index (χ1v) is 8.83. The lowest BCUT2D eigenvalue weighted by Gasteiger charge is -2.09. The number of carbonyl (C=O) groups excluding carboxylic acids is 2. The number of hydrogen-bond donors (Lipinski definition) is 1. The van der Waals surface area contributed by atoms with Crippen LogP contribution in [-0.4, -0.2) is 31.9 Å². The summed E-state index contributed by atoms with van der Waals surface area (Å²) in [5, 5.41) is 13.9. The van der Waals surface area contributed by atoms with Crippen LogP contribution in [0.4, 0.5) is 5.69 Å². The van der Waals surface area contributed by atoms with Gasteiger partial charge in [0.2, 0.25) is 5.91 Å². The van der Waals surface area contributed by atoms with Crippen LogP contribution in [0.1, 0.15) is 41.3 Å². The van der Waals surface area contributed by atoms with Crippen LogP contribution in [0, 0.1) is 6.92 Å². The smallest absolute Gasteiger partial charge is 0.224 e. The molecule has 0 bridgehead atoms. The van der Waals surface area contributed by atoms with E-state index in [1.807, 2.05) is 43.3 Å². The molecular formula is C20H21N5O2. The quantitative estimate of drug-likeness (QED) is 0.651. The summed E-state index contributed by atoms with van der Waals surface area (Å²) in [6.45, 7) is 4.00. The first-order chi connectivity index (χ1) is 13.1. The minimum Gasteiger partial charge on any atom is -0.326 e. The molecule has 0 saturated carbocycles. The molecule has 3 aromatic rings. The predicted octanol–water partition coefficient (Wildman–Crippen LogP) is 3.13. The molecule has 0 saturated heterocycles. The SMILES string of the molecule is CCc1ccc(C(=O)CCC(=O)Nc2ccc(C)c(-n3cnnn3)c2)cc1. The number of nitrogens with one attached hydrogen (secondary N) is 1. The zero-order valence-electron chi connectivity index (χ0n) is 15.3. The highest BCUT2D eigenvalue weighted by molar-refractivity contribution is 6.00. The summed E-state index contributed by atoms with van der Waals surface area (Å²) >= 11 is 0. The molecule has 1 aromatic heterocycles. The van der Waals surface area contributed by atoms with Crippen LogP contribution in [0.15, 0.2) is 48.8 Å². The number of aromatic nitrogens is 4. The topological polar surface area (TPSA) is 89.8 Å². The Bertz CT molecular complexity index is 934. The van der Waals surface area contributed by atoms with E-state index in [1.54, 1.807) is 6.07 Å². The molecule has 0 fully saturated rings. The average molecular weight is 363 g/mol. The Kier molecular flexibility index (Phi) is 5.71. The molecule has 1 heterocycles. The highest BCUT2D eigenvalue weighted by Crippen LogP contribution is 2.18. The normalized spacial score (nSPS) is 10.6. The molecule has 7 nitrogen and oxygen atoms in total. The van der Waals surface area contributed by atoms with Crippen LogP contribution in [0.3, 0.4) is 0 Å². The molecule has 0 unspecified atom stereocenters. The Hall–Kier alpha value is -3.35. The van der Waals surface area contributed by atoms with Gasteiger partial charge in [0.1, 0.15) is 6.33 Å². The third kappa shape index (κ3) is 4.63. The summed E-state index contributed by atoms with van der Waals surface area (Å²) in [4.78, 5) is 24.5. The Morgan fingerprint density at radius 1 is 1.07 bits per heavy atom. The van der Waals surface area contributed by atoms with Crippen molar-refractivity contribution in [3.63, 3.8) is 0 Å². The maximum absolute atomic E-state index is 12.2. The van der Waals surface area contributed by atoms with Crippen molar-refractivity contribution in [2.75, 3.05) is 5.32 Å². The minimum absolute atomic E-state index is 0.0360. The highest BCUT2D eigenvalue weighted by Gasteiger charge is 2.11. The van der Waals surface area contributed by atoms with Crippen LogP contribution in [-0.2, 0) is 11.2 Å². The fourth-order valence-electron chi connectivity index (χ4n) is 2.73. The fraction of sp³-hybridized carbons (Fsp3) is 0.250. The zero-order chi connectivity index (χ0) is 19.2. The van der Waals surface area contributed by atoms with Gasteiger partial charge in [0, 0.05) is 24.1 Å². The van der Waals surface area contributed by atoms with Crippen LogP contribution in [0.5, 0.6) is 0 Å². The van der Waals surface area contributed by atoms with Gasteiger partial charge in [-0.1, -0.05) is 37.3 Å². The predicted molar refractivity (Wildman–Crippen MR) is 102 cm³/mol. The molecular weight excluding hydrogens is 342 g/mol. The fourth-order valence-corrected chi connectivity index (χ4v) is 2.73. The van der Waals surface area contributed by atoms with Crippen molar-refractivity contribution in [2.45, 2.75) is 33.1 Å². The van der Waals surface area contributed by atoms with Gasteiger partial charge in [-0.2, -0.15) is 0 Å². The van der Waals surface area contributed by atoms with E-state index in [2.05, 4.69) is 27.8 Å². The van der Waals surface area contributed by atoms with E-state index in [0.717, 1.165) is 17.7 Å². The van der Waals surface area contributed by atoms with Crippen molar-refractivity contribution in [2.24, 2.45) is 0 Å². The van der Waals surface area contributed by atoms with Gasteiger partial charge < -0.3 is 5.32 Å². The maximum Gasteiger partial charge on any atom is 0.224 e.